The molecule has 2 nitrogen and oxygen atoms in total. The summed E-state index contributed by atoms with van der Waals surface area (Å²) in [7, 11) is 0. The van der Waals surface area contributed by atoms with Crippen LogP contribution < -0.4 is 0 Å². The van der Waals surface area contributed by atoms with Gasteiger partial charge in [-0.1, -0.05) is 56.5 Å². The fourth-order valence-electron chi connectivity index (χ4n) is 2.61. The van der Waals surface area contributed by atoms with E-state index < -0.39 is 5.41 Å². The van der Waals surface area contributed by atoms with Gasteiger partial charge in [0, 0.05) is 10.4 Å². The van der Waals surface area contributed by atoms with Crippen LogP contribution >= 0.6 is 11.6 Å². The van der Waals surface area contributed by atoms with E-state index in [2.05, 4.69) is 13.8 Å². The number of aliphatic hydroxyl groups excluding tert-OH is 2. The molecule has 3 heteroatoms. The largest absolute Gasteiger partial charge is 0.395 e. The number of halogens is 1. The predicted octanol–water partition coefficient (Wildman–Crippen LogP) is 3.39. The van der Waals surface area contributed by atoms with Crippen molar-refractivity contribution < 1.29 is 10.2 Å². The van der Waals surface area contributed by atoms with Crippen molar-refractivity contribution in [2.24, 2.45) is 5.92 Å². The van der Waals surface area contributed by atoms with Crippen LogP contribution in [0.15, 0.2) is 24.3 Å². The zero-order valence-corrected chi connectivity index (χ0v) is 12.0. The van der Waals surface area contributed by atoms with Gasteiger partial charge in [-0.15, -0.1) is 0 Å². The Hall–Kier alpha value is -0.570. The van der Waals surface area contributed by atoms with Gasteiger partial charge in [0.2, 0.25) is 0 Å². The monoisotopic (exact) mass is 270 g/mol. The van der Waals surface area contributed by atoms with Crippen LogP contribution in [0.1, 0.15) is 38.7 Å². The Morgan fingerprint density at radius 3 is 2.33 bits per heavy atom. The first-order valence-electron chi connectivity index (χ1n) is 6.56. The number of hydrogen-bond donors (Lipinski definition) is 2. The Balaban J connectivity index is 3.03. The zero-order valence-electron chi connectivity index (χ0n) is 11.2. The van der Waals surface area contributed by atoms with Gasteiger partial charge in [0.15, 0.2) is 0 Å². The Bertz CT molecular complexity index is 361. The maximum Gasteiger partial charge on any atom is 0.0550 e. The third-order valence-corrected chi connectivity index (χ3v) is 3.90. The number of benzene rings is 1. The molecule has 0 radical (unpaired) electrons. The Kier molecular flexibility index (Phi) is 6.13. The van der Waals surface area contributed by atoms with Crippen molar-refractivity contribution in [3.63, 3.8) is 0 Å². The maximum absolute atomic E-state index is 9.75. The first-order chi connectivity index (χ1) is 8.59. The van der Waals surface area contributed by atoms with Crippen molar-refractivity contribution in [1.82, 2.24) is 0 Å². The van der Waals surface area contributed by atoms with E-state index in [0.717, 1.165) is 24.8 Å². The highest BCUT2D eigenvalue weighted by Crippen LogP contribution is 2.36. The molecule has 102 valence electrons. The molecule has 0 saturated carbocycles. The van der Waals surface area contributed by atoms with Crippen LogP contribution in [0, 0.1) is 5.92 Å². The van der Waals surface area contributed by atoms with Crippen LogP contribution in [0.2, 0.25) is 5.02 Å². The van der Waals surface area contributed by atoms with Crippen LogP contribution in [0.5, 0.6) is 0 Å². The molecule has 0 aliphatic carbocycles. The van der Waals surface area contributed by atoms with Crippen molar-refractivity contribution in [3.8, 4) is 0 Å². The van der Waals surface area contributed by atoms with Gasteiger partial charge in [-0.25, -0.2) is 0 Å². The molecule has 0 aromatic heterocycles. The highest BCUT2D eigenvalue weighted by Gasteiger charge is 2.34. The molecule has 0 saturated heterocycles. The predicted molar refractivity (Wildman–Crippen MR) is 76.0 cm³/mol. The van der Waals surface area contributed by atoms with Gasteiger partial charge in [0.25, 0.3) is 0 Å². The highest BCUT2D eigenvalue weighted by atomic mass is 35.5. The fourth-order valence-corrected chi connectivity index (χ4v) is 2.95. The summed E-state index contributed by atoms with van der Waals surface area (Å²) < 4.78 is 0. The smallest absolute Gasteiger partial charge is 0.0550 e. The minimum Gasteiger partial charge on any atom is -0.395 e. The van der Waals surface area contributed by atoms with E-state index in [9.17, 15) is 10.2 Å². The van der Waals surface area contributed by atoms with Crippen LogP contribution in [-0.2, 0) is 5.41 Å². The van der Waals surface area contributed by atoms with Crippen molar-refractivity contribution >= 4 is 11.6 Å². The van der Waals surface area contributed by atoms with Crippen LogP contribution in [-0.4, -0.2) is 23.4 Å². The molecular formula is C15H23ClO2. The molecule has 1 aromatic carbocycles. The second-order valence-electron chi connectivity index (χ2n) is 5.17. The van der Waals surface area contributed by atoms with Gasteiger partial charge in [0.05, 0.1) is 13.2 Å². The van der Waals surface area contributed by atoms with Gasteiger partial charge in [-0.2, -0.15) is 0 Å². The van der Waals surface area contributed by atoms with Gasteiger partial charge in [-0.3, -0.25) is 0 Å². The van der Waals surface area contributed by atoms with E-state index >= 15 is 0 Å². The van der Waals surface area contributed by atoms with E-state index in [4.69, 9.17) is 11.6 Å². The molecule has 0 fully saturated rings. The van der Waals surface area contributed by atoms with Gasteiger partial charge >= 0.3 is 0 Å². The van der Waals surface area contributed by atoms with Gasteiger partial charge in [-0.05, 0) is 24.0 Å². The number of rotatable bonds is 7. The molecule has 0 bridgehead atoms. The second-order valence-corrected chi connectivity index (χ2v) is 5.58. The molecule has 0 aliphatic rings. The van der Waals surface area contributed by atoms with E-state index in [0.29, 0.717) is 10.9 Å². The lowest BCUT2D eigenvalue weighted by Gasteiger charge is -2.33. The van der Waals surface area contributed by atoms with Crippen molar-refractivity contribution in [3.05, 3.63) is 34.9 Å². The van der Waals surface area contributed by atoms with Crippen LogP contribution in [0.25, 0.3) is 0 Å². The minimum atomic E-state index is -0.632. The summed E-state index contributed by atoms with van der Waals surface area (Å²) in [4.78, 5) is 0. The molecule has 0 amide bonds. The average Bonchev–Trinajstić information content (AvgIpc) is 2.37. The second kappa shape index (κ2) is 7.13. The molecule has 1 atom stereocenters. The van der Waals surface area contributed by atoms with Crippen LogP contribution in [0.3, 0.4) is 0 Å². The Morgan fingerprint density at radius 1 is 1.22 bits per heavy atom. The normalized spacial score (nSPS) is 13.6. The van der Waals surface area contributed by atoms with E-state index in [-0.39, 0.29) is 13.2 Å². The van der Waals surface area contributed by atoms with Crippen molar-refractivity contribution in [2.45, 2.75) is 38.5 Å². The fraction of sp³-hybridized carbons (Fsp3) is 0.600. The molecular weight excluding hydrogens is 248 g/mol. The first kappa shape index (κ1) is 15.5. The van der Waals surface area contributed by atoms with Crippen molar-refractivity contribution in [1.29, 1.82) is 0 Å². The van der Waals surface area contributed by atoms with E-state index in [1.54, 1.807) is 6.07 Å². The highest BCUT2D eigenvalue weighted by molar-refractivity contribution is 6.31. The van der Waals surface area contributed by atoms with Gasteiger partial charge < -0.3 is 10.2 Å². The summed E-state index contributed by atoms with van der Waals surface area (Å²) in [5.74, 6) is 0.450. The zero-order chi connectivity index (χ0) is 13.6. The summed E-state index contributed by atoms with van der Waals surface area (Å²) in [5.41, 5.74) is 0.215. The third-order valence-electron chi connectivity index (χ3n) is 3.57. The molecule has 2 N–H and O–H groups in total. The first-order valence-corrected chi connectivity index (χ1v) is 6.94. The number of hydrogen-bond acceptors (Lipinski definition) is 2. The van der Waals surface area contributed by atoms with Gasteiger partial charge in [0.1, 0.15) is 0 Å². The molecule has 1 rings (SSSR count). The lowest BCUT2D eigenvalue weighted by Crippen LogP contribution is -2.37. The minimum absolute atomic E-state index is 0.0821. The molecule has 0 spiro atoms. The number of aliphatic hydroxyl groups is 2. The molecule has 18 heavy (non-hydrogen) atoms. The Labute approximate surface area is 115 Å². The summed E-state index contributed by atoms with van der Waals surface area (Å²) in [6.45, 7) is 4.13. The molecule has 0 heterocycles. The summed E-state index contributed by atoms with van der Waals surface area (Å²) in [5, 5.41) is 20.1. The Morgan fingerprint density at radius 2 is 1.83 bits per heavy atom. The van der Waals surface area contributed by atoms with E-state index in [1.807, 2.05) is 18.2 Å². The topological polar surface area (TPSA) is 40.5 Å². The lowest BCUT2D eigenvalue weighted by molar-refractivity contribution is 0.0957. The molecule has 1 aromatic rings. The van der Waals surface area contributed by atoms with E-state index in [1.165, 1.54) is 0 Å². The maximum atomic E-state index is 9.75. The summed E-state index contributed by atoms with van der Waals surface area (Å²) >= 11 is 6.20. The molecule has 1 unspecified atom stereocenters. The summed E-state index contributed by atoms with van der Waals surface area (Å²) in [6, 6.07) is 7.46. The standard InChI is InChI=1S/C15H23ClO2/c1-3-6-12(2)9-15(10-17,11-18)13-7-4-5-8-14(13)16/h4-5,7-8,12,17-18H,3,6,9-11H2,1-2H3. The quantitative estimate of drug-likeness (QED) is 0.797. The summed E-state index contributed by atoms with van der Waals surface area (Å²) in [6.07, 6.45) is 2.94. The van der Waals surface area contributed by atoms with Crippen molar-refractivity contribution in [2.75, 3.05) is 13.2 Å². The molecule has 0 aliphatic heterocycles. The van der Waals surface area contributed by atoms with Crippen LogP contribution in [0.4, 0.5) is 0 Å². The third kappa shape index (κ3) is 3.47. The average molecular weight is 271 g/mol. The SMILES string of the molecule is CCCC(C)CC(CO)(CO)c1ccccc1Cl. The lowest BCUT2D eigenvalue weighted by atomic mass is 9.74.